The van der Waals surface area contributed by atoms with Crippen LogP contribution in [0.2, 0.25) is 5.02 Å². The average Bonchev–Trinajstić information content (AvgIpc) is 2.64. The van der Waals surface area contributed by atoms with Crippen LogP contribution in [0.25, 0.3) is 5.69 Å². The topological polar surface area (TPSA) is 45.8 Å². The van der Waals surface area contributed by atoms with E-state index in [-0.39, 0.29) is 0 Å². The second-order valence-corrected chi connectivity index (χ2v) is 4.49. The molecule has 2 rings (SSSR count). The van der Waals surface area contributed by atoms with Gasteiger partial charge in [0.25, 0.3) is 0 Å². The quantitative estimate of drug-likeness (QED) is 0.775. The van der Waals surface area contributed by atoms with Crippen molar-refractivity contribution in [3.63, 3.8) is 0 Å². The Morgan fingerprint density at radius 1 is 1.33 bits per heavy atom. The molecule has 0 amide bonds. The molecule has 0 atom stereocenters. The molecule has 0 aliphatic heterocycles. The molecule has 4 heteroatoms. The first-order chi connectivity index (χ1) is 8.58. The molecule has 0 bridgehead atoms. The van der Waals surface area contributed by atoms with Crippen LogP contribution >= 0.6 is 11.6 Å². The standard InChI is InChI=1S/C14H11ClN2O/c1-9-5-12(8-18)10(2)17(9)14-6-13(15)4-3-11(14)7-16/h3-6,8H,1-2H3. The van der Waals surface area contributed by atoms with Crippen molar-refractivity contribution < 1.29 is 4.79 Å². The fraction of sp³-hybridized carbons (Fsp3) is 0.143. The summed E-state index contributed by atoms with van der Waals surface area (Å²) in [6, 6.07) is 9.02. The summed E-state index contributed by atoms with van der Waals surface area (Å²) >= 11 is 5.98. The molecule has 3 nitrogen and oxygen atoms in total. The highest BCUT2D eigenvalue weighted by atomic mass is 35.5. The molecule has 2 aromatic rings. The van der Waals surface area contributed by atoms with Gasteiger partial charge in [-0.1, -0.05) is 11.6 Å². The van der Waals surface area contributed by atoms with Gasteiger partial charge in [0.05, 0.1) is 11.3 Å². The summed E-state index contributed by atoms with van der Waals surface area (Å²) in [5.74, 6) is 0. The fourth-order valence-electron chi connectivity index (χ4n) is 2.06. The molecular weight excluding hydrogens is 248 g/mol. The number of aldehydes is 1. The first-order valence-corrected chi connectivity index (χ1v) is 5.80. The summed E-state index contributed by atoms with van der Waals surface area (Å²) in [7, 11) is 0. The van der Waals surface area contributed by atoms with E-state index >= 15 is 0 Å². The van der Waals surface area contributed by atoms with Crippen molar-refractivity contribution in [1.29, 1.82) is 5.26 Å². The molecule has 1 aromatic heterocycles. The van der Waals surface area contributed by atoms with Crippen molar-refractivity contribution in [1.82, 2.24) is 4.57 Å². The maximum Gasteiger partial charge on any atom is 0.151 e. The number of rotatable bonds is 2. The Kier molecular flexibility index (Phi) is 3.22. The largest absolute Gasteiger partial charge is 0.316 e. The molecule has 0 N–H and O–H groups in total. The minimum atomic E-state index is 0.527. The van der Waals surface area contributed by atoms with Gasteiger partial charge in [0, 0.05) is 22.0 Å². The third-order valence-electron chi connectivity index (χ3n) is 2.92. The number of nitrogens with zero attached hydrogens (tertiary/aromatic N) is 2. The van der Waals surface area contributed by atoms with Crippen molar-refractivity contribution in [3.05, 3.63) is 51.8 Å². The van der Waals surface area contributed by atoms with E-state index in [2.05, 4.69) is 6.07 Å². The number of benzene rings is 1. The van der Waals surface area contributed by atoms with Crippen LogP contribution in [0.3, 0.4) is 0 Å². The predicted octanol–water partition coefficient (Wildman–Crippen LogP) is 3.43. The lowest BCUT2D eigenvalue weighted by Gasteiger charge is -2.11. The number of aryl methyl sites for hydroxylation is 1. The second kappa shape index (κ2) is 4.67. The first-order valence-electron chi connectivity index (χ1n) is 5.42. The monoisotopic (exact) mass is 258 g/mol. The summed E-state index contributed by atoms with van der Waals surface area (Å²) < 4.78 is 1.87. The number of hydrogen-bond acceptors (Lipinski definition) is 2. The molecule has 1 heterocycles. The lowest BCUT2D eigenvalue weighted by atomic mass is 10.2. The number of carbonyl (C=O) groups is 1. The Bertz CT molecular complexity index is 665. The van der Waals surface area contributed by atoms with E-state index in [4.69, 9.17) is 16.9 Å². The van der Waals surface area contributed by atoms with E-state index in [1.54, 1.807) is 24.3 Å². The zero-order valence-electron chi connectivity index (χ0n) is 10.1. The lowest BCUT2D eigenvalue weighted by molar-refractivity contribution is 0.112. The van der Waals surface area contributed by atoms with Gasteiger partial charge >= 0.3 is 0 Å². The molecular formula is C14H11ClN2O. The number of carbonyl (C=O) groups excluding carboxylic acids is 1. The summed E-state index contributed by atoms with van der Waals surface area (Å²) in [6.07, 6.45) is 0.815. The molecule has 0 radical (unpaired) electrons. The van der Waals surface area contributed by atoms with Gasteiger partial charge in [0.15, 0.2) is 6.29 Å². The van der Waals surface area contributed by atoms with Gasteiger partial charge in [-0.2, -0.15) is 5.26 Å². The third-order valence-corrected chi connectivity index (χ3v) is 3.15. The number of aromatic nitrogens is 1. The molecule has 90 valence electrons. The Morgan fingerprint density at radius 3 is 2.61 bits per heavy atom. The van der Waals surface area contributed by atoms with Gasteiger partial charge in [-0.05, 0) is 38.1 Å². The van der Waals surface area contributed by atoms with Gasteiger partial charge in [-0.25, -0.2) is 0 Å². The van der Waals surface area contributed by atoms with E-state index in [9.17, 15) is 4.79 Å². The van der Waals surface area contributed by atoms with Crippen LogP contribution in [0.5, 0.6) is 0 Å². The lowest BCUT2D eigenvalue weighted by Crippen LogP contribution is -2.02. The zero-order chi connectivity index (χ0) is 13.3. The maximum absolute atomic E-state index is 10.9. The number of halogens is 1. The Labute approximate surface area is 110 Å². The molecule has 0 spiro atoms. The smallest absolute Gasteiger partial charge is 0.151 e. The molecule has 0 saturated carbocycles. The number of hydrogen-bond donors (Lipinski definition) is 0. The molecule has 18 heavy (non-hydrogen) atoms. The van der Waals surface area contributed by atoms with Crippen molar-refractivity contribution in [3.8, 4) is 11.8 Å². The molecule has 0 saturated heterocycles. The van der Waals surface area contributed by atoms with Gasteiger partial charge < -0.3 is 4.57 Å². The Hall–Kier alpha value is -2.05. The summed E-state index contributed by atoms with van der Waals surface area (Å²) in [6.45, 7) is 3.74. The van der Waals surface area contributed by atoms with Crippen LogP contribution in [-0.2, 0) is 0 Å². The van der Waals surface area contributed by atoms with Crippen molar-refractivity contribution in [2.75, 3.05) is 0 Å². The van der Waals surface area contributed by atoms with E-state index in [0.717, 1.165) is 17.7 Å². The van der Waals surface area contributed by atoms with Gasteiger partial charge in [-0.15, -0.1) is 0 Å². The second-order valence-electron chi connectivity index (χ2n) is 4.05. The normalized spacial score (nSPS) is 10.1. The van der Waals surface area contributed by atoms with Crippen LogP contribution in [0, 0.1) is 25.2 Å². The van der Waals surface area contributed by atoms with E-state index < -0.39 is 0 Å². The summed E-state index contributed by atoms with van der Waals surface area (Å²) in [5, 5.41) is 9.70. The van der Waals surface area contributed by atoms with Crippen LogP contribution < -0.4 is 0 Å². The van der Waals surface area contributed by atoms with Crippen LogP contribution in [0.1, 0.15) is 27.3 Å². The van der Waals surface area contributed by atoms with Gasteiger partial charge in [0.2, 0.25) is 0 Å². The van der Waals surface area contributed by atoms with Crippen molar-refractivity contribution in [2.24, 2.45) is 0 Å². The van der Waals surface area contributed by atoms with Crippen molar-refractivity contribution in [2.45, 2.75) is 13.8 Å². The summed E-state index contributed by atoms with van der Waals surface area (Å²) in [5.41, 5.74) is 3.55. The Morgan fingerprint density at radius 2 is 2.06 bits per heavy atom. The highest BCUT2D eigenvalue weighted by Gasteiger charge is 2.13. The van der Waals surface area contributed by atoms with Crippen LogP contribution in [0.15, 0.2) is 24.3 Å². The summed E-state index contributed by atoms with van der Waals surface area (Å²) in [4.78, 5) is 10.9. The molecule has 0 unspecified atom stereocenters. The van der Waals surface area contributed by atoms with Crippen molar-refractivity contribution >= 4 is 17.9 Å². The molecule has 0 aliphatic rings. The van der Waals surface area contributed by atoms with Gasteiger partial charge in [-0.3, -0.25) is 4.79 Å². The Balaban J connectivity index is 2.77. The molecule has 0 fully saturated rings. The maximum atomic E-state index is 10.9. The number of nitriles is 1. The van der Waals surface area contributed by atoms with Crippen LogP contribution in [0.4, 0.5) is 0 Å². The minimum absolute atomic E-state index is 0.527. The fourth-order valence-corrected chi connectivity index (χ4v) is 2.23. The van der Waals surface area contributed by atoms with E-state index in [0.29, 0.717) is 21.8 Å². The van der Waals surface area contributed by atoms with E-state index in [1.807, 2.05) is 18.4 Å². The highest BCUT2D eigenvalue weighted by molar-refractivity contribution is 6.30. The average molecular weight is 259 g/mol. The van der Waals surface area contributed by atoms with E-state index in [1.165, 1.54) is 0 Å². The third kappa shape index (κ3) is 1.92. The SMILES string of the molecule is Cc1cc(C=O)c(C)n1-c1cc(Cl)ccc1C#N. The van der Waals surface area contributed by atoms with Crippen LogP contribution in [-0.4, -0.2) is 10.9 Å². The minimum Gasteiger partial charge on any atom is -0.316 e. The first kappa shape index (κ1) is 12.4. The zero-order valence-corrected chi connectivity index (χ0v) is 10.8. The predicted molar refractivity (Wildman–Crippen MR) is 70.4 cm³/mol. The highest BCUT2D eigenvalue weighted by Crippen LogP contribution is 2.25. The van der Waals surface area contributed by atoms with Gasteiger partial charge in [0.1, 0.15) is 6.07 Å². The molecule has 1 aromatic carbocycles. The molecule has 0 aliphatic carbocycles.